The molecule has 0 radical (unpaired) electrons. The van der Waals surface area contributed by atoms with Gasteiger partial charge < -0.3 is 4.57 Å². The van der Waals surface area contributed by atoms with Gasteiger partial charge in [0.15, 0.2) is 5.52 Å². The van der Waals surface area contributed by atoms with Crippen LogP contribution in [0.15, 0.2) is 114 Å². The van der Waals surface area contributed by atoms with E-state index >= 15 is 0 Å². The minimum Gasteiger partial charge on any atom is -0.312 e. The molecule has 1 aromatic heterocycles. The molecule has 40 heavy (non-hydrogen) atoms. The summed E-state index contributed by atoms with van der Waals surface area (Å²) in [5, 5.41) is 1.96. The summed E-state index contributed by atoms with van der Waals surface area (Å²) in [5.41, 5.74) is 6.33. The number of allylic oxidation sites excluding steroid dienone is 2. The minimum absolute atomic E-state index is 0.0732. The lowest BCUT2D eigenvalue weighted by Gasteiger charge is -2.16. The predicted molar refractivity (Wildman–Crippen MR) is 163 cm³/mol. The fourth-order valence-electron chi connectivity index (χ4n) is 5.93. The van der Waals surface area contributed by atoms with Crippen molar-refractivity contribution in [3.63, 3.8) is 0 Å². The first-order valence-corrected chi connectivity index (χ1v) is 14.5. The van der Waals surface area contributed by atoms with E-state index in [4.69, 9.17) is 0 Å². The van der Waals surface area contributed by atoms with E-state index in [9.17, 15) is 14.4 Å². The zero-order valence-electron chi connectivity index (χ0n) is 21.8. The summed E-state index contributed by atoms with van der Waals surface area (Å²) in [4.78, 5) is 42.9. The first kappa shape index (κ1) is 24.4. The maximum atomic E-state index is 14.2. The summed E-state index contributed by atoms with van der Waals surface area (Å²) in [5.74, 6) is -0.685. The molecule has 0 saturated carbocycles. The summed E-state index contributed by atoms with van der Waals surface area (Å²) in [6.07, 6.45) is 3.01. The number of rotatable bonds is 2. The first-order valence-electron chi connectivity index (χ1n) is 13.3. The van der Waals surface area contributed by atoms with Crippen molar-refractivity contribution in [2.24, 2.45) is 0 Å². The SMILES string of the molecule is C/C1=C2/C(=O)N(c3cccc(-c4ccccc4)c3)C(=O)/C2=C/CCPC(=O)c2cccc3c4ccccc4n1c23. The first-order chi connectivity index (χ1) is 19.5. The fraction of sp³-hybridized carbons (Fsp3) is 0.0882. The molecule has 1 saturated heterocycles. The summed E-state index contributed by atoms with van der Waals surface area (Å²) >= 11 is 0. The van der Waals surface area contributed by atoms with Gasteiger partial charge in [-0.05, 0) is 63.5 Å². The van der Waals surface area contributed by atoms with Gasteiger partial charge in [0.25, 0.3) is 11.8 Å². The summed E-state index contributed by atoms with van der Waals surface area (Å²) in [6.45, 7) is 1.88. The zero-order chi connectivity index (χ0) is 27.4. The number of amides is 2. The Hall–Kier alpha value is -4.60. The Kier molecular flexibility index (Phi) is 5.83. The quantitative estimate of drug-likeness (QED) is 0.173. The molecule has 0 N–H and O–H groups in total. The van der Waals surface area contributed by atoms with Gasteiger partial charge in [-0.15, -0.1) is 0 Å². The molecule has 7 rings (SSSR count). The van der Waals surface area contributed by atoms with Crippen LogP contribution in [0, 0.1) is 0 Å². The van der Waals surface area contributed by atoms with E-state index < -0.39 is 0 Å². The number of benzene rings is 4. The molecule has 0 spiro atoms. The van der Waals surface area contributed by atoms with Crippen LogP contribution < -0.4 is 4.90 Å². The number of para-hydroxylation sites is 2. The molecule has 5 nitrogen and oxygen atoms in total. The number of aromatic nitrogens is 1. The van der Waals surface area contributed by atoms with Gasteiger partial charge in [-0.2, -0.15) is 0 Å². The Balaban J connectivity index is 1.48. The van der Waals surface area contributed by atoms with Crippen LogP contribution in [-0.2, 0) is 9.59 Å². The van der Waals surface area contributed by atoms with E-state index in [1.54, 1.807) is 6.07 Å². The number of imide groups is 1. The second kappa shape index (κ2) is 9.55. The van der Waals surface area contributed by atoms with Gasteiger partial charge in [-0.1, -0.05) is 78.9 Å². The normalized spacial score (nSPS) is 19.7. The molecule has 0 bridgehead atoms. The third-order valence-electron chi connectivity index (χ3n) is 7.75. The second-order valence-corrected chi connectivity index (χ2v) is 11.3. The number of carbonyl (C=O) groups excluding carboxylic acids is 3. The molecular weight excluding hydrogens is 515 g/mol. The predicted octanol–water partition coefficient (Wildman–Crippen LogP) is 7.41. The van der Waals surface area contributed by atoms with Gasteiger partial charge >= 0.3 is 0 Å². The van der Waals surface area contributed by atoms with E-state index in [2.05, 4.69) is 0 Å². The number of hydrogen-bond acceptors (Lipinski definition) is 3. The Morgan fingerprint density at radius 2 is 1.45 bits per heavy atom. The van der Waals surface area contributed by atoms with Gasteiger partial charge in [0.1, 0.15) is 0 Å². The van der Waals surface area contributed by atoms with Crippen LogP contribution in [0.2, 0.25) is 0 Å². The molecule has 0 aliphatic carbocycles. The van der Waals surface area contributed by atoms with Gasteiger partial charge in [0.05, 0.1) is 27.9 Å². The number of carbonyl (C=O) groups is 3. The maximum absolute atomic E-state index is 14.2. The maximum Gasteiger partial charge on any atom is 0.267 e. The van der Waals surface area contributed by atoms with E-state index in [0.717, 1.165) is 32.9 Å². The van der Waals surface area contributed by atoms with Crippen molar-refractivity contribution < 1.29 is 14.4 Å². The van der Waals surface area contributed by atoms with Gasteiger partial charge in [-0.25, -0.2) is 4.90 Å². The smallest absolute Gasteiger partial charge is 0.267 e. The average molecular weight is 541 g/mol. The number of fused-ring (bicyclic) bond motifs is 4. The lowest BCUT2D eigenvalue weighted by atomic mass is 10.0. The lowest BCUT2D eigenvalue weighted by molar-refractivity contribution is -0.119. The van der Waals surface area contributed by atoms with Crippen LogP contribution in [-0.4, -0.2) is 28.1 Å². The van der Waals surface area contributed by atoms with Crippen molar-refractivity contribution in [2.45, 2.75) is 13.3 Å². The van der Waals surface area contributed by atoms with Crippen LogP contribution in [0.4, 0.5) is 5.69 Å². The Bertz CT molecular complexity index is 1950. The highest BCUT2D eigenvalue weighted by Gasteiger charge is 2.42. The largest absolute Gasteiger partial charge is 0.312 e. The second-order valence-electron chi connectivity index (χ2n) is 10.0. The minimum atomic E-state index is -0.351. The molecule has 3 heterocycles. The Morgan fingerprint density at radius 3 is 2.30 bits per heavy atom. The van der Waals surface area contributed by atoms with Crippen LogP contribution in [0.25, 0.3) is 38.6 Å². The molecular formula is C34H25N2O3P. The number of nitrogens with zero attached hydrogens (tertiary/aromatic N) is 2. The third kappa shape index (κ3) is 3.70. The lowest BCUT2D eigenvalue weighted by Crippen LogP contribution is -2.29. The monoisotopic (exact) mass is 540 g/mol. The topological polar surface area (TPSA) is 59.4 Å². The fourth-order valence-corrected chi connectivity index (χ4v) is 6.84. The third-order valence-corrected chi connectivity index (χ3v) is 8.88. The molecule has 5 aromatic rings. The van der Waals surface area contributed by atoms with Gasteiger partial charge in [0.2, 0.25) is 0 Å². The highest BCUT2D eigenvalue weighted by molar-refractivity contribution is 7.58. The number of hydrogen-bond donors (Lipinski definition) is 0. The van der Waals surface area contributed by atoms with Gasteiger partial charge in [0, 0.05) is 22.0 Å². The van der Waals surface area contributed by atoms with Crippen molar-refractivity contribution >= 4 is 59.1 Å². The molecule has 1 atom stereocenters. The van der Waals surface area contributed by atoms with E-state index in [-0.39, 0.29) is 25.9 Å². The van der Waals surface area contributed by atoms with E-state index in [0.29, 0.717) is 40.7 Å². The van der Waals surface area contributed by atoms with Crippen molar-refractivity contribution in [1.29, 1.82) is 0 Å². The molecule has 6 heteroatoms. The average Bonchev–Trinajstić information content (AvgIpc) is 3.45. The summed E-state index contributed by atoms with van der Waals surface area (Å²) in [7, 11) is 0.0732. The van der Waals surface area contributed by atoms with E-state index in [1.165, 1.54) is 4.90 Å². The standard InChI is InChI=1S/C34H25N2O3P/c1-21-30-27(32(37)36(33(30)38)24-13-7-12-23(20-24)22-10-3-2-4-11-22)17-9-19-40-34(39)28-16-8-15-26-25-14-5-6-18-29(25)35(21)31(26)28/h2-8,10-18,20,40H,9,19H2,1H3/b27-17+,30-21-. The summed E-state index contributed by atoms with van der Waals surface area (Å²) in [6, 6.07) is 31.2. The molecule has 2 aliphatic rings. The number of anilines is 1. The molecule has 1 fully saturated rings. The Labute approximate surface area is 233 Å². The highest BCUT2D eigenvalue weighted by atomic mass is 31.1. The van der Waals surface area contributed by atoms with E-state index in [1.807, 2.05) is 109 Å². The summed E-state index contributed by atoms with van der Waals surface area (Å²) < 4.78 is 2.01. The van der Waals surface area contributed by atoms with Crippen LogP contribution >= 0.6 is 8.58 Å². The zero-order valence-corrected chi connectivity index (χ0v) is 22.8. The van der Waals surface area contributed by atoms with Crippen molar-refractivity contribution in [1.82, 2.24) is 4.57 Å². The molecule has 1 unspecified atom stereocenters. The van der Waals surface area contributed by atoms with Crippen LogP contribution in [0.5, 0.6) is 0 Å². The van der Waals surface area contributed by atoms with Crippen LogP contribution in [0.3, 0.4) is 0 Å². The molecule has 2 aliphatic heterocycles. The van der Waals surface area contributed by atoms with Gasteiger partial charge in [-0.3, -0.25) is 14.4 Å². The molecule has 2 amide bonds. The van der Waals surface area contributed by atoms with Crippen molar-refractivity contribution in [2.75, 3.05) is 11.1 Å². The van der Waals surface area contributed by atoms with Crippen molar-refractivity contribution in [3.05, 3.63) is 120 Å². The molecule has 4 aromatic carbocycles. The van der Waals surface area contributed by atoms with Crippen molar-refractivity contribution in [3.8, 4) is 11.1 Å². The molecule has 194 valence electrons. The van der Waals surface area contributed by atoms with Crippen LogP contribution in [0.1, 0.15) is 23.7 Å². The Morgan fingerprint density at radius 1 is 0.725 bits per heavy atom. The highest BCUT2D eigenvalue weighted by Crippen LogP contribution is 2.41.